The zero-order chi connectivity index (χ0) is 13.0. The number of nitrogens with two attached hydrogens (primary N) is 1. The number of halogens is 2. The molecule has 1 saturated heterocycles. The molecule has 0 radical (unpaired) electrons. The number of nitrogens with zero attached hydrogens (tertiary/aromatic N) is 1. The Balaban J connectivity index is 0.00000180. The number of hydrogen-bond donors (Lipinski definition) is 2. The predicted molar refractivity (Wildman–Crippen MR) is 87.7 cm³/mol. The lowest BCUT2D eigenvalue weighted by atomic mass is 10.0. The average molecular weight is 326 g/mol. The van der Waals surface area contributed by atoms with E-state index in [9.17, 15) is 4.79 Å². The number of likely N-dealkylation sites (tertiary alicyclic amines) is 1. The second-order valence-electron chi connectivity index (χ2n) is 6.10. The first kappa shape index (κ1) is 20.0. The first-order chi connectivity index (χ1) is 8.63. The number of nitrogens with one attached hydrogen (secondary N) is 1. The van der Waals surface area contributed by atoms with Gasteiger partial charge >= 0.3 is 0 Å². The van der Waals surface area contributed by atoms with Crippen molar-refractivity contribution in [2.75, 3.05) is 19.6 Å². The van der Waals surface area contributed by atoms with Crippen LogP contribution in [0.2, 0.25) is 0 Å². The fraction of sp³-hybridized carbons (Fsp3) is 0.929. The molecule has 20 heavy (non-hydrogen) atoms. The molecule has 1 aliphatic carbocycles. The van der Waals surface area contributed by atoms with Gasteiger partial charge in [0.15, 0.2) is 0 Å². The molecule has 0 aromatic rings. The summed E-state index contributed by atoms with van der Waals surface area (Å²) in [5.41, 5.74) is 5.66. The van der Waals surface area contributed by atoms with Crippen LogP contribution >= 0.6 is 24.8 Å². The van der Waals surface area contributed by atoms with Crippen molar-refractivity contribution in [2.45, 2.75) is 57.5 Å². The van der Waals surface area contributed by atoms with E-state index in [-0.39, 0.29) is 36.8 Å². The topological polar surface area (TPSA) is 58.4 Å². The van der Waals surface area contributed by atoms with Crippen LogP contribution in [-0.2, 0) is 4.79 Å². The van der Waals surface area contributed by atoms with E-state index in [1.54, 1.807) is 0 Å². The number of amides is 1. The van der Waals surface area contributed by atoms with Crippen LogP contribution in [0, 0.1) is 5.92 Å². The highest BCUT2D eigenvalue weighted by Gasteiger charge is 2.27. The smallest absolute Gasteiger partial charge is 0.220 e. The summed E-state index contributed by atoms with van der Waals surface area (Å²) >= 11 is 0. The molecule has 120 valence electrons. The minimum absolute atomic E-state index is 0. The quantitative estimate of drug-likeness (QED) is 0.784. The summed E-state index contributed by atoms with van der Waals surface area (Å²) < 4.78 is 0. The van der Waals surface area contributed by atoms with Gasteiger partial charge in [-0.1, -0.05) is 0 Å². The molecule has 0 bridgehead atoms. The first-order valence-electron chi connectivity index (χ1n) is 7.41. The molecule has 2 rings (SSSR count). The van der Waals surface area contributed by atoms with Crippen molar-refractivity contribution < 1.29 is 4.79 Å². The lowest BCUT2D eigenvalue weighted by molar-refractivity contribution is -0.122. The molecule has 1 atom stereocenters. The summed E-state index contributed by atoms with van der Waals surface area (Å²) in [7, 11) is 0. The maximum atomic E-state index is 11.7. The third kappa shape index (κ3) is 7.67. The van der Waals surface area contributed by atoms with Crippen LogP contribution in [0.5, 0.6) is 0 Å². The highest BCUT2D eigenvalue weighted by atomic mass is 35.5. The molecule has 2 fully saturated rings. The molecule has 0 aromatic heterocycles. The minimum atomic E-state index is 0. The summed E-state index contributed by atoms with van der Waals surface area (Å²) in [6.45, 7) is 5.53. The van der Waals surface area contributed by atoms with E-state index in [0.29, 0.717) is 12.5 Å². The normalized spacial score (nSPS) is 21.5. The van der Waals surface area contributed by atoms with Crippen LogP contribution < -0.4 is 11.1 Å². The molecule has 1 unspecified atom stereocenters. The van der Waals surface area contributed by atoms with Crippen LogP contribution in [0.4, 0.5) is 0 Å². The van der Waals surface area contributed by atoms with Crippen molar-refractivity contribution in [1.29, 1.82) is 0 Å². The van der Waals surface area contributed by atoms with Crippen molar-refractivity contribution >= 4 is 30.7 Å². The summed E-state index contributed by atoms with van der Waals surface area (Å²) in [6, 6.07) is 0.511. The Hall–Kier alpha value is -0.0300. The Bertz CT molecular complexity index is 278. The predicted octanol–water partition coefficient (Wildman–Crippen LogP) is 1.95. The van der Waals surface area contributed by atoms with Gasteiger partial charge in [-0.15, -0.1) is 24.8 Å². The van der Waals surface area contributed by atoms with Crippen LogP contribution in [-0.4, -0.2) is 42.5 Å². The van der Waals surface area contributed by atoms with Gasteiger partial charge in [-0.3, -0.25) is 4.79 Å². The Labute approximate surface area is 135 Å². The molecule has 4 nitrogen and oxygen atoms in total. The summed E-state index contributed by atoms with van der Waals surface area (Å²) in [4.78, 5) is 14.3. The van der Waals surface area contributed by atoms with Gasteiger partial charge in [-0.05, 0) is 44.9 Å². The molecular weight excluding hydrogens is 297 g/mol. The highest BCUT2D eigenvalue weighted by molar-refractivity contribution is 5.85. The molecule has 1 saturated carbocycles. The molecule has 1 amide bonds. The highest BCUT2D eigenvalue weighted by Crippen LogP contribution is 2.30. The molecule has 2 aliphatic rings. The largest absolute Gasteiger partial charge is 0.353 e. The molecule has 1 heterocycles. The van der Waals surface area contributed by atoms with E-state index in [2.05, 4.69) is 10.2 Å². The zero-order valence-corrected chi connectivity index (χ0v) is 14.0. The lowest BCUT2D eigenvalue weighted by Gasteiger charge is -2.32. The van der Waals surface area contributed by atoms with Crippen molar-refractivity contribution in [3.05, 3.63) is 0 Å². The second kappa shape index (κ2) is 9.82. The summed E-state index contributed by atoms with van der Waals surface area (Å²) in [5.74, 6) is 1.15. The van der Waals surface area contributed by atoms with Crippen LogP contribution in [0.15, 0.2) is 0 Å². The van der Waals surface area contributed by atoms with E-state index < -0.39 is 0 Å². The number of piperidine rings is 1. The summed E-state index contributed by atoms with van der Waals surface area (Å²) in [5, 5.41) is 3.14. The van der Waals surface area contributed by atoms with Crippen LogP contribution in [0.25, 0.3) is 0 Å². The van der Waals surface area contributed by atoms with Crippen molar-refractivity contribution in [1.82, 2.24) is 10.2 Å². The van der Waals surface area contributed by atoms with Gasteiger partial charge in [0, 0.05) is 38.1 Å². The fourth-order valence-corrected chi connectivity index (χ4v) is 2.58. The first-order valence-corrected chi connectivity index (χ1v) is 7.41. The van der Waals surface area contributed by atoms with Crippen LogP contribution in [0.3, 0.4) is 0 Å². The molecule has 1 aliphatic heterocycles. The van der Waals surface area contributed by atoms with Gasteiger partial charge in [0.1, 0.15) is 0 Å². The van der Waals surface area contributed by atoms with Gasteiger partial charge in [0.2, 0.25) is 5.91 Å². The monoisotopic (exact) mass is 325 g/mol. The molecule has 0 spiro atoms. The van der Waals surface area contributed by atoms with Gasteiger partial charge in [0.05, 0.1) is 0 Å². The molecule has 3 N–H and O–H groups in total. The molecular formula is C14H29Cl2N3O. The van der Waals surface area contributed by atoms with E-state index in [0.717, 1.165) is 38.3 Å². The van der Waals surface area contributed by atoms with E-state index >= 15 is 0 Å². The van der Waals surface area contributed by atoms with Gasteiger partial charge in [-0.25, -0.2) is 0 Å². The number of rotatable bonds is 6. The lowest BCUT2D eigenvalue weighted by Crippen LogP contribution is -2.45. The number of carbonyl (C=O) groups is 1. The minimum Gasteiger partial charge on any atom is -0.353 e. The zero-order valence-electron chi connectivity index (χ0n) is 12.3. The Morgan fingerprint density at radius 2 is 1.85 bits per heavy atom. The van der Waals surface area contributed by atoms with E-state index in [1.165, 1.54) is 19.4 Å². The Morgan fingerprint density at radius 1 is 1.25 bits per heavy atom. The third-order valence-electron chi connectivity index (χ3n) is 3.99. The maximum absolute atomic E-state index is 11.7. The fourth-order valence-electron chi connectivity index (χ4n) is 2.58. The average Bonchev–Trinajstić information content (AvgIpc) is 3.13. The van der Waals surface area contributed by atoms with E-state index in [1.807, 2.05) is 6.92 Å². The van der Waals surface area contributed by atoms with E-state index in [4.69, 9.17) is 5.73 Å². The van der Waals surface area contributed by atoms with Crippen LogP contribution in [0.1, 0.15) is 45.4 Å². The van der Waals surface area contributed by atoms with Crippen molar-refractivity contribution in [3.8, 4) is 0 Å². The van der Waals surface area contributed by atoms with Gasteiger partial charge in [-0.2, -0.15) is 0 Å². The third-order valence-corrected chi connectivity index (χ3v) is 3.99. The Kier molecular flexibility index (Phi) is 9.81. The van der Waals surface area contributed by atoms with Gasteiger partial charge < -0.3 is 16.0 Å². The summed E-state index contributed by atoms with van der Waals surface area (Å²) in [6.07, 6.45) is 6.42. The van der Waals surface area contributed by atoms with Gasteiger partial charge in [0.25, 0.3) is 0 Å². The van der Waals surface area contributed by atoms with Crippen molar-refractivity contribution in [3.63, 3.8) is 0 Å². The number of carbonyl (C=O) groups excluding carboxylic acids is 1. The molecule has 6 heteroatoms. The SMILES string of the molecule is CC(N)CCC(=O)NC1CCN(CC2CC2)CC1.Cl.Cl. The molecule has 0 aromatic carbocycles. The Morgan fingerprint density at radius 3 is 2.35 bits per heavy atom. The van der Waals surface area contributed by atoms with Crippen molar-refractivity contribution in [2.24, 2.45) is 11.7 Å². The second-order valence-corrected chi connectivity index (χ2v) is 6.10. The number of hydrogen-bond acceptors (Lipinski definition) is 3. The maximum Gasteiger partial charge on any atom is 0.220 e. The standard InChI is InChI=1S/C14H27N3O.2ClH/c1-11(15)2-5-14(18)16-13-6-8-17(9-7-13)10-12-3-4-12;;/h11-13H,2-10,15H2,1H3,(H,16,18);2*1H.